The average molecular weight is 328 g/mol. The highest BCUT2D eigenvalue weighted by molar-refractivity contribution is 7.13. The molecule has 1 aliphatic carbocycles. The lowest BCUT2D eigenvalue weighted by molar-refractivity contribution is 0.186. The van der Waals surface area contributed by atoms with E-state index in [0.717, 1.165) is 17.6 Å². The maximum Gasteiger partial charge on any atom is 0.182 e. The molecule has 23 heavy (non-hydrogen) atoms. The van der Waals surface area contributed by atoms with Gasteiger partial charge in [0.2, 0.25) is 0 Å². The van der Waals surface area contributed by atoms with Crippen LogP contribution in [-0.4, -0.2) is 36.1 Å². The Hall–Kier alpha value is -1.59. The van der Waals surface area contributed by atoms with E-state index >= 15 is 0 Å². The number of likely N-dealkylation sites (tertiary alicyclic amines) is 1. The van der Waals surface area contributed by atoms with Crippen molar-refractivity contribution in [2.75, 3.05) is 25.5 Å². The third-order valence-electron chi connectivity index (χ3n) is 5.17. The van der Waals surface area contributed by atoms with Gasteiger partial charge in [0.1, 0.15) is 0 Å². The molecule has 0 bridgehead atoms. The molecule has 1 saturated heterocycles. The van der Waals surface area contributed by atoms with Crippen molar-refractivity contribution in [3.05, 3.63) is 47.2 Å². The number of nitrogens with one attached hydrogen (secondary N) is 2. The standard InChI is InChI=1S/C18H24N4S/c1-19-18-21-14(12-23-18)11-22-8-6-13(7-9-22)16-10-20-17-5-3-2-4-15(16)17/h2-5,10,12-13,15,17,20H,6-9,11H2,1H3,(H,19,21). The van der Waals surface area contributed by atoms with Gasteiger partial charge in [0, 0.05) is 24.9 Å². The lowest BCUT2D eigenvalue weighted by Crippen LogP contribution is -2.35. The maximum absolute atomic E-state index is 4.60. The second kappa shape index (κ2) is 6.49. The second-order valence-corrected chi connectivity index (χ2v) is 7.43. The Balaban J connectivity index is 1.32. The van der Waals surface area contributed by atoms with Gasteiger partial charge in [0.15, 0.2) is 5.13 Å². The summed E-state index contributed by atoms with van der Waals surface area (Å²) in [6.45, 7) is 3.33. The minimum Gasteiger partial charge on any atom is -0.384 e. The van der Waals surface area contributed by atoms with Gasteiger partial charge < -0.3 is 10.6 Å². The molecule has 1 aromatic heterocycles. The predicted molar refractivity (Wildman–Crippen MR) is 96.4 cm³/mol. The normalized spacial score (nSPS) is 27.6. The van der Waals surface area contributed by atoms with Gasteiger partial charge in [-0.25, -0.2) is 4.98 Å². The molecule has 4 nitrogen and oxygen atoms in total. The number of rotatable bonds is 4. The molecular formula is C18H24N4S. The van der Waals surface area contributed by atoms with E-state index in [1.807, 2.05) is 7.05 Å². The summed E-state index contributed by atoms with van der Waals surface area (Å²) in [6, 6.07) is 0.489. The van der Waals surface area contributed by atoms with Crippen molar-refractivity contribution >= 4 is 16.5 Å². The molecule has 3 aliphatic rings. The zero-order valence-corrected chi connectivity index (χ0v) is 14.4. The highest BCUT2D eigenvalue weighted by atomic mass is 32.1. The van der Waals surface area contributed by atoms with Gasteiger partial charge in [0.05, 0.1) is 11.7 Å². The number of allylic oxidation sites excluding steroid dienone is 2. The summed E-state index contributed by atoms with van der Waals surface area (Å²) in [7, 11) is 1.93. The molecule has 0 radical (unpaired) electrons. The summed E-state index contributed by atoms with van der Waals surface area (Å²) in [5.74, 6) is 1.31. The smallest absolute Gasteiger partial charge is 0.182 e. The summed E-state index contributed by atoms with van der Waals surface area (Å²) < 4.78 is 0. The van der Waals surface area contributed by atoms with Crippen LogP contribution in [0.2, 0.25) is 0 Å². The summed E-state index contributed by atoms with van der Waals surface area (Å²) in [6.07, 6.45) is 13.8. The molecule has 0 spiro atoms. The van der Waals surface area contributed by atoms with Crippen LogP contribution in [0.25, 0.3) is 0 Å². The van der Waals surface area contributed by atoms with Crippen LogP contribution in [0.4, 0.5) is 5.13 Å². The predicted octanol–water partition coefficient (Wildman–Crippen LogP) is 2.99. The first-order valence-electron chi connectivity index (χ1n) is 8.49. The largest absolute Gasteiger partial charge is 0.384 e. The Morgan fingerprint density at radius 3 is 2.91 bits per heavy atom. The Labute approximate surface area is 142 Å². The molecule has 5 heteroatoms. The highest BCUT2D eigenvalue weighted by Crippen LogP contribution is 2.36. The van der Waals surface area contributed by atoms with Crippen molar-refractivity contribution < 1.29 is 0 Å². The zero-order chi connectivity index (χ0) is 15.6. The van der Waals surface area contributed by atoms with Crippen molar-refractivity contribution in [1.29, 1.82) is 0 Å². The Kier molecular flexibility index (Phi) is 4.23. The summed E-state index contributed by atoms with van der Waals surface area (Å²) in [5, 5.41) is 9.84. The maximum atomic E-state index is 4.60. The fourth-order valence-corrected chi connectivity index (χ4v) is 4.57. The third-order valence-corrected chi connectivity index (χ3v) is 6.08. The molecular weight excluding hydrogens is 304 g/mol. The molecule has 2 unspecified atom stereocenters. The minimum absolute atomic E-state index is 0.489. The van der Waals surface area contributed by atoms with Crippen LogP contribution >= 0.6 is 11.3 Å². The molecule has 0 saturated carbocycles. The van der Waals surface area contributed by atoms with Crippen LogP contribution in [0.1, 0.15) is 18.5 Å². The van der Waals surface area contributed by atoms with Crippen molar-refractivity contribution in [3.63, 3.8) is 0 Å². The van der Waals surface area contributed by atoms with E-state index in [4.69, 9.17) is 0 Å². The van der Waals surface area contributed by atoms with Crippen LogP contribution in [0, 0.1) is 11.8 Å². The van der Waals surface area contributed by atoms with E-state index in [-0.39, 0.29) is 0 Å². The van der Waals surface area contributed by atoms with Crippen molar-refractivity contribution in [3.8, 4) is 0 Å². The van der Waals surface area contributed by atoms with Crippen LogP contribution in [0.15, 0.2) is 41.5 Å². The average Bonchev–Trinajstić information content (AvgIpc) is 3.22. The van der Waals surface area contributed by atoms with Gasteiger partial charge >= 0.3 is 0 Å². The van der Waals surface area contributed by atoms with E-state index in [2.05, 4.69) is 56.4 Å². The van der Waals surface area contributed by atoms with Gasteiger partial charge in [-0.1, -0.05) is 24.3 Å². The number of nitrogens with zero attached hydrogens (tertiary/aromatic N) is 2. The van der Waals surface area contributed by atoms with E-state index in [9.17, 15) is 0 Å². The van der Waals surface area contributed by atoms with Gasteiger partial charge in [-0.15, -0.1) is 11.3 Å². The fraction of sp³-hybridized carbons (Fsp3) is 0.500. The van der Waals surface area contributed by atoms with Crippen LogP contribution in [-0.2, 0) is 6.54 Å². The number of hydrogen-bond acceptors (Lipinski definition) is 5. The molecule has 2 N–H and O–H groups in total. The lowest BCUT2D eigenvalue weighted by atomic mass is 9.80. The van der Waals surface area contributed by atoms with Crippen molar-refractivity contribution in [2.45, 2.75) is 25.4 Å². The molecule has 2 atom stereocenters. The van der Waals surface area contributed by atoms with Gasteiger partial charge in [0.25, 0.3) is 0 Å². The Morgan fingerprint density at radius 1 is 1.30 bits per heavy atom. The molecule has 0 amide bonds. The molecule has 4 rings (SSSR count). The van der Waals surface area contributed by atoms with Crippen molar-refractivity contribution in [2.24, 2.45) is 11.8 Å². The van der Waals surface area contributed by atoms with Crippen LogP contribution < -0.4 is 10.6 Å². The fourth-order valence-electron chi connectivity index (χ4n) is 3.91. The van der Waals surface area contributed by atoms with Crippen LogP contribution in [0.3, 0.4) is 0 Å². The van der Waals surface area contributed by atoms with Gasteiger partial charge in [-0.3, -0.25) is 4.90 Å². The summed E-state index contributed by atoms with van der Waals surface area (Å²) >= 11 is 1.69. The second-order valence-electron chi connectivity index (χ2n) is 6.58. The van der Waals surface area contributed by atoms with Gasteiger partial charge in [-0.2, -0.15) is 0 Å². The van der Waals surface area contributed by atoms with E-state index < -0.39 is 0 Å². The minimum atomic E-state index is 0.489. The first-order valence-corrected chi connectivity index (χ1v) is 9.37. The number of piperidine rings is 1. The Morgan fingerprint density at radius 2 is 2.13 bits per heavy atom. The first-order chi connectivity index (χ1) is 11.3. The molecule has 3 heterocycles. The van der Waals surface area contributed by atoms with E-state index in [1.54, 1.807) is 16.9 Å². The number of aromatic nitrogens is 1. The SMILES string of the molecule is CNc1nc(CN2CCC(C3=CNC4C=CC=CC34)CC2)cs1. The lowest BCUT2D eigenvalue weighted by Gasteiger charge is -2.34. The van der Waals surface area contributed by atoms with Crippen molar-refractivity contribution in [1.82, 2.24) is 15.2 Å². The Bertz CT molecular complexity index is 637. The topological polar surface area (TPSA) is 40.2 Å². The molecule has 122 valence electrons. The molecule has 0 aromatic carbocycles. The van der Waals surface area contributed by atoms with E-state index in [1.165, 1.54) is 31.6 Å². The molecule has 1 aromatic rings. The first kappa shape index (κ1) is 15.0. The van der Waals surface area contributed by atoms with E-state index in [0.29, 0.717) is 12.0 Å². The third kappa shape index (κ3) is 3.08. The summed E-state index contributed by atoms with van der Waals surface area (Å²) in [4.78, 5) is 7.14. The molecule has 1 fully saturated rings. The number of fused-ring (bicyclic) bond motifs is 1. The summed E-state index contributed by atoms with van der Waals surface area (Å²) in [5.41, 5.74) is 2.81. The number of hydrogen-bond donors (Lipinski definition) is 2. The zero-order valence-electron chi connectivity index (χ0n) is 13.5. The van der Waals surface area contributed by atoms with Gasteiger partial charge in [-0.05, 0) is 43.6 Å². The van der Waals surface area contributed by atoms with Crippen LogP contribution in [0.5, 0.6) is 0 Å². The number of anilines is 1. The molecule has 2 aliphatic heterocycles. The number of thiazole rings is 1. The highest BCUT2D eigenvalue weighted by Gasteiger charge is 2.33. The monoisotopic (exact) mass is 328 g/mol. The quantitative estimate of drug-likeness (QED) is 0.891.